The molecule has 0 aliphatic carbocycles. The van der Waals surface area contributed by atoms with Gasteiger partial charge >= 0.3 is 5.97 Å². The fourth-order valence-electron chi connectivity index (χ4n) is 2.86. The highest BCUT2D eigenvalue weighted by atomic mass is 16.5. The minimum Gasteiger partial charge on any atom is -0.466 e. The molecule has 0 aromatic carbocycles. The van der Waals surface area contributed by atoms with Crippen LogP contribution in [-0.2, 0) is 14.3 Å². The second-order valence-electron chi connectivity index (χ2n) is 6.03. The third kappa shape index (κ3) is 8.69. The Morgan fingerprint density at radius 1 is 0.952 bits per heavy atom. The minimum absolute atomic E-state index is 0.103. The van der Waals surface area contributed by atoms with Crippen molar-refractivity contribution < 1.29 is 14.3 Å². The summed E-state index contributed by atoms with van der Waals surface area (Å²) < 4.78 is 5.19. The number of rotatable bonds is 2. The molecule has 0 radical (unpaired) electrons. The summed E-state index contributed by atoms with van der Waals surface area (Å²) >= 11 is 0. The molecule has 1 unspecified atom stereocenters. The highest BCUT2D eigenvalue weighted by Crippen LogP contribution is 2.19. The minimum atomic E-state index is -0.157. The number of carbonyl (C=O) groups excluding carboxylic acids is 2. The Hall–Kier alpha value is -1.12. The van der Waals surface area contributed by atoms with Gasteiger partial charge in [-0.05, 0) is 25.7 Å². The van der Waals surface area contributed by atoms with E-state index >= 15 is 0 Å². The van der Waals surface area contributed by atoms with Crippen LogP contribution in [0.2, 0.25) is 0 Å². The molecule has 0 saturated carbocycles. The van der Waals surface area contributed by atoms with Crippen molar-refractivity contribution in [2.75, 3.05) is 6.61 Å². The molecule has 0 bridgehead atoms. The zero-order chi connectivity index (χ0) is 15.3. The first-order valence-electron chi connectivity index (χ1n) is 8.53. The van der Waals surface area contributed by atoms with Crippen molar-refractivity contribution in [3.05, 3.63) is 12.7 Å². The number of allylic oxidation sites excluding steroid dienone is 1. The van der Waals surface area contributed by atoms with Crippen LogP contribution in [0, 0.1) is 5.92 Å². The number of ether oxygens (including phenoxy) is 1. The maximum absolute atomic E-state index is 12.2. The topological polar surface area (TPSA) is 43.4 Å². The van der Waals surface area contributed by atoms with E-state index < -0.39 is 0 Å². The van der Waals surface area contributed by atoms with Gasteiger partial charge in [0.1, 0.15) is 5.78 Å². The molecule has 0 amide bonds. The van der Waals surface area contributed by atoms with Crippen LogP contribution in [0.15, 0.2) is 12.7 Å². The van der Waals surface area contributed by atoms with Crippen LogP contribution in [0.5, 0.6) is 0 Å². The number of Topliss-reactive ketones (excluding diaryl/α,β-unsaturated/α-hetero) is 1. The molecule has 1 atom stereocenters. The molecule has 21 heavy (non-hydrogen) atoms. The average molecular weight is 294 g/mol. The summed E-state index contributed by atoms with van der Waals surface area (Å²) in [5, 5.41) is 0. The Bertz CT molecular complexity index is 322. The van der Waals surface area contributed by atoms with Crippen LogP contribution < -0.4 is 0 Å². The largest absolute Gasteiger partial charge is 0.466 e. The lowest BCUT2D eigenvalue weighted by Gasteiger charge is -2.14. The molecule has 1 aliphatic rings. The van der Waals surface area contributed by atoms with Gasteiger partial charge in [-0.25, -0.2) is 0 Å². The van der Waals surface area contributed by atoms with E-state index in [1.807, 2.05) is 6.08 Å². The fraction of sp³-hybridized carbons (Fsp3) is 0.778. The van der Waals surface area contributed by atoms with E-state index in [1.54, 1.807) is 0 Å². The molecule has 3 nitrogen and oxygen atoms in total. The van der Waals surface area contributed by atoms with Crippen LogP contribution in [0.4, 0.5) is 0 Å². The summed E-state index contributed by atoms with van der Waals surface area (Å²) in [7, 11) is 0. The van der Waals surface area contributed by atoms with E-state index in [9.17, 15) is 9.59 Å². The van der Waals surface area contributed by atoms with Gasteiger partial charge in [0.05, 0.1) is 6.61 Å². The molecule has 0 aromatic rings. The lowest BCUT2D eigenvalue weighted by Crippen LogP contribution is -2.15. The predicted octanol–water partition coefficient (Wildman–Crippen LogP) is 4.60. The van der Waals surface area contributed by atoms with Crippen molar-refractivity contribution in [3.8, 4) is 0 Å². The summed E-state index contributed by atoms with van der Waals surface area (Å²) in [6.45, 7) is 4.29. The lowest BCUT2D eigenvalue weighted by molar-refractivity contribution is -0.143. The Morgan fingerprint density at radius 2 is 1.62 bits per heavy atom. The van der Waals surface area contributed by atoms with Gasteiger partial charge in [0.15, 0.2) is 0 Å². The molecule has 3 heteroatoms. The maximum atomic E-state index is 12.2. The van der Waals surface area contributed by atoms with Crippen LogP contribution in [0.1, 0.15) is 77.0 Å². The van der Waals surface area contributed by atoms with Gasteiger partial charge in [0.2, 0.25) is 0 Å². The van der Waals surface area contributed by atoms with Gasteiger partial charge in [0.25, 0.3) is 0 Å². The normalized spacial score (nSPS) is 24.3. The first kappa shape index (κ1) is 17.9. The van der Waals surface area contributed by atoms with Crippen LogP contribution in [-0.4, -0.2) is 18.4 Å². The quantitative estimate of drug-likeness (QED) is 0.552. The maximum Gasteiger partial charge on any atom is 0.305 e. The first-order chi connectivity index (χ1) is 10.2. The van der Waals surface area contributed by atoms with E-state index in [-0.39, 0.29) is 17.7 Å². The molecule has 1 heterocycles. The van der Waals surface area contributed by atoms with Gasteiger partial charge in [-0.15, -0.1) is 6.58 Å². The molecule has 1 fully saturated rings. The summed E-state index contributed by atoms with van der Waals surface area (Å²) in [4.78, 5) is 23.7. The van der Waals surface area contributed by atoms with E-state index in [0.29, 0.717) is 25.9 Å². The summed E-state index contributed by atoms with van der Waals surface area (Å²) in [6, 6.07) is 0. The van der Waals surface area contributed by atoms with E-state index in [2.05, 4.69) is 6.58 Å². The highest BCUT2D eigenvalue weighted by Gasteiger charge is 2.17. The van der Waals surface area contributed by atoms with Gasteiger partial charge in [-0.1, -0.05) is 44.6 Å². The van der Waals surface area contributed by atoms with Crippen molar-refractivity contribution in [1.82, 2.24) is 0 Å². The smallest absolute Gasteiger partial charge is 0.305 e. The second kappa shape index (κ2) is 11.5. The lowest BCUT2D eigenvalue weighted by atomic mass is 9.90. The summed E-state index contributed by atoms with van der Waals surface area (Å²) in [6.07, 6.45) is 13.2. The van der Waals surface area contributed by atoms with E-state index in [1.165, 1.54) is 25.7 Å². The van der Waals surface area contributed by atoms with Crippen molar-refractivity contribution in [2.45, 2.75) is 77.0 Å². The Morgan fingerprint density at radius 3 is 2.33 bits per heavy atom. The van der Waals surface area contributed by atoms with Crippen LogP contribution in [0.25, 0.3) is 0 Å². The highest BCUT2D eigenvalue weighted by molar-refractivity contribution is 5.81. The van der Waals surface area contributed by atoms with Gasteiger partial charge < -0.3 is 4.74 Å². The third-order valence-corrected chi connectivity index (χ3v) is 4.17. The number of cyclic esters (lactones) is 1. The summed E-state index contributed by atoms with van der Waals surface area (Å²) in [5.74, 6) is 0.233. The number of ketones is 1. The monoisotopic (exact) mass is 294 g/mol. The van der Waals surface area contributed by atoms with E-state index in [4.69, 9.17) is 4.74 Å². The van der Waals surface area contributed by atoms with Crippen LogP contribution >= 0.6 is 0 Å². The number of carbonyl (C=O) groups is 2. The Labute approximate surface area is 129 Å². The van der Waals surface area contributed by atoms with Gasteiger partial charge in [0, 0.05) is 18.8 Å². The molecular formula is C18H30O3. The van der Waals surface area contributed by atoms with Gasteiger partial charge in [-0.3, -0.25) is 9.59 Å². The SMILES string of the molecule is C=CCC1CCCCCCCCCOC(=O)CCCC1=O. The van der Waals surface area contributed by atoms with Crippen molar-refractivity contribution in [3.63, 3.8) is 0 Å². The van der Waals surface area contributed by atoms with E-state index in [0.717, 1.165) is 32.1 Å². The second-order valence-corrected chi connectivity index (χ2v) is 6.03. The fourth-order valence-corrected chi connectivity index (χ4v) is 2.86. The molecule has 1 saturated heterocycles. The Balaban J connectivity index is 2.44. The average Bonchev–Trinajstić information content (AvgIpc) is 2.46. The molecule has 1 rings (SSSR count). The standard InChI is InChI=1S/C18H30O3/c1-2-11-16-12-8-6-4-3-5-7-9-15-21-18(20)14-10-13-17(16)19/h2,16H,1,3-15H2. The molecule has 1 aliphatic heterocycles. The van der Waals surface area contributed by atoms with Crippen LogP contribution in [0.3, 0.4) is 0 Å². The molecule has 120 valence electrons. The predicted molar refractivity (Wildman–Crippen MR) is 85.1 cm³/mol. The van der Waals surface area contributed by atoms with Crippen molar-refractivity contribution in [2.24, 2.45) is 5.92 Å². The zero-order valence-corrected chi connectivity index (χ0v) is 13.3. The number of esters is 1. The molecule has 0 N–H and O–H groups in total. The number of hydrogen-bond acceptors (Lipinski definition) is 3. The molecular weight excluding hydrogens is 264 g/mol. The molecule has 0 spiro atoms. The molecule has 0 aromatic heterocycles. The first-order valence-corrected chi connectivity index (χ1v) is 8.53. The van der Waals surface area contributed by atoms with Crippen molar-refractivity contribution >= 4 is 11.8 Å². The van der Waals surface area contributed by atoms with Crippen molar-refractivity contribution in [1.29, 1.82) is 0 Å². The number of hydrogen-bond donors (Lipinski definition) is 0. The zero-order valence-electron chi connectivity index (χ0n) is 13.3. The Kier molecular flexibility index (Phi) is 9.84. The van der Waals surface area contributed by atoms with Gasteiger partial charge in [-0.2, -0.15) is 0 Å². The summed E-state index contributed by atoms with van der Waals surface area (Å²) in [5.41, 5.74) is 0. The third-order valence-electron chi connectivity index (χ3n) is 4.17.